The average Bonchev–Trinajstić information content (AvgIpc) is 2.64. The Morgan fingerprint density at radius 1 is 1.67 bits per heavy atom. The molecule has 0 spiro atoms. The lowest BCUT2D eigenvalue weighted by molar-refractivity contribution is -0.192. The second kappa shape index (κ2) is 6.80. The number of nitrogens with zero attached hydrogens (tertiary/aromatic N) is 1. The normalized spacial score (nSPS) is 20.2. The number of hydrogen-bond donors (Lipinski definition) is 3. The van der Waals surface area contributed by atoms with Gasteiger partial charge in [-0.05, 0) is 12.8 Å². The van der Waals surface area contributed by atoms with Crippen LogP contribution in [-0.2, 0) is 9.59 Å². The molecule has 0 unspecified atom stereocenters. The molecule has 1 amide bonds. The molecule has 4 N–H and O–H groups in total. The van der Waals surface area contributed by atoms with Crippen molar-refractivity contribution in [3.8, 4) is 6.07 Å². The summed E-state index contributed by atoms with van der Waals surface area (Å²) in [4.78, 5) is 19.8. The number of hydrogen-bond acceptors (Lipinski definition) is 4. The fourth-order valence-electron chi connectivity index (χ4n) is 1.23. The molecule has 9 heteroatoms. The molecule has 0 bridgehead atoms. The van der Waals surface area contributed by atoms with E-state index in [0.29, 0.717) is 6.42 Å². The van der Waals surface area contributed by atoms with Crippen LogP contribution < -0.4 is 11.1 Å². The van der Waals surface area contributed by atoms with Gasteiger partial charge in [0.1, 0.15) is 0 Å². The van der Waals surface area contributed by atoms with Crippen LogP contribution in [0.15, 0.2) is 0 Å². The number of nitrogens with one attached hydrogen (secondary N) is 1. The van der Waals surface area contributed by atoms with Gasteiger partial charge in [-0.2, -0.15) is 18.4 Å². The van der Waals surface area contributed by atoms with E-state index in [1.807, 2.05) is 6.07 Å². The summed E-state index contributed by atoms with van der Waals surface area (Å²) in [6.07, 6.45) is -3.78. The summed E-state index contributed by atoms with van der Waals surface area (Å²) < 4.78 is 31.7. The van der Waals surface area contributed by atoms with Crippen molar-refractivity contribution in [2.24, 2.45) is 11.7 Å². The Balaban J connectivity index is 0.000000360. The second-order valence-corrected chi connectivity index (χ2v) is 3.55. The molecule has 1 heterocycles. The van der Waals surface area contributed by atoms with Gasteiger partial charge in [0.15, 0.2) is 0 Å². The Bertz CT molecular complexity index is 351. The van der Waals surface area contributed by atoms with Gasteiger partial charge in [0.25, 0.3) is 0 Å². The Morgan fingerprint density at radius 3 is 2.44 bits per heavy atom. The van der Waals surface area contributed by atoms with Gasteiger partial charge in [0, 0.05) is 12.5 Å². The Kier molecular flexibility index (Phi) is 6.12. The molecule has 1 saturated heterocycles. The number of rotatable bonds is 2. The van der Waals surface area contributed by atoms with Crippen LogP contribution in [0.4, 0.5) is 13.2 Å². The minimum atomic E-state index is -5.08. The SMILES string of the molecule is N#C[C@@H](N)C[C@@H]1CCNC1=O.O=C(O)C(F)(F)F. The molecule has 1 rings (SSSR count). The Labute approximate surface area is 101 Å². The number of nitriles is 1. The number of carbonyl (C=O) groups excluding carboxylic acids is 1. The molecule has 0 aromatic heterocycles. The summed E-state index contributed by atoms with van der Waals surface area (Å²) in [5.41, 5.74) is 5.37. The zero-order valence-corrected chi connectivity index (χ0v) is 9.20. The van der Waals surface area contributed by atoms with Gasteiger partial charge >= 0.3 is 12.1 Å². The minimum absolute atomic E-state index is 0.0374. The van der Waals surface area contributed by atoms with E-state index in [4.69, 9.17) is 20.9 Å². The average molecular weight is 267 g/mol. The molecule has 0 aromatic carbocycles. The fraction of sp³-hybridized carbons (Fsp3) is 0.667. The van der Waals surface area contributed by atoms with Crippen LogP contribution >= 0.6 is 0 Å². The lowest BCUT2D eigenvalue weighted by Gasteiger charge is -2.06. The van der Waals surface area contributed by atoms with Crippen molar-refractivity contribution in [3.05, 3.63) is 0 Å². The van der Waals surface area contributed by atoms with Gasteiger partial charge in [-0.15, -0.1) is 0 Å². The van der Waals surface area contributed by atoms with Crippen LogP contribution in [0, 0.1) is 17.2 Å². The van der Waals surface area contributed by atoms with E-state index in [0.717, 1.165) is 13.0 Å². The standard InChI is InChI=1S/C7H11N3O.C2HF3O2/c8-4-6(9)3-5-1-2-10-7(5)11;3-2(4,5)1(6)7/h5-6H,1-3,9H2,(H,10,11);(H,6,7)/t5-,6-;/m0./s1. The third-order valence-electron chi connectivity index (χ3n) is 2.11. The molecule has 18 heavy (non-hydrogen) atoms. The molecule has 1 fully saturated rings. The summed E-state index contributed by atoms with van der Waals surface area (Å²) in [6.45, 7) is 0.724. The number of alkyl halides is 3. The van der Waals surface area contributed by atoms with E-state index in [-0.39, 0.29) is 11.8 Å². The molecule has 2 atom stereocenters. The number of amides is 1. The highest BCUT2D eigenvalue weighted by Crippen LogP contribution is 2.14. The molecule has 0 saturated carbocycles. The van der Waals surface area contributed by atoms with Crippen molar-refractivity contribution in [1.29, 1.82) is 5.26 Å². The quantitative estimate of drug-likeness (QED) is 0.651. The number of nitrogens with two attached hydrogens (primary N) is 1. The smallest absolute Gasteiger partial charge is 0.475 e. The molecule has 1 aliphatic rings. The van der Waals surface area contributed by atoms with E-state index in [2.05, 4.69) is 5.32 Å². The first-order valence-electron chi connectivity index (χ1n) is 4.91. The highest BCUT2D eigenvalue weighted by Gasteiger charge is 2.38. The van der Waals surface area contributed by atoms with Crippen molar-refractivity contribution >= 4 is 11.9 Å². The maximum atomic E-state index is 10.9. The van der Waals surface area contributed by atoms with Gasteiger partial charge in [-0.1, -0.05) is 0 Å². The summed E-state index contributed by atoms with van der Waals surface area (Å²) in [5, 5.41) is 18.2. The van der Waals surface area contributed by atoms with Crippen LogP contribution in [0.25, 0.3) is 0 Å². The van der Waals surface area contributed by atoms with Crippen LogP contribution in [0.3, 0.4) is 0 Å². The minimum Gasteiger partial charge on any atom is -0.475 e. The monoisotopic (exact) mass is 267 g/mol. The molecule has 0 aliphatic carbocycles. The second-order valence-electron chi connectivity index (χ2n) is 3.55. The maximum absolute atomic E-state index is 10.9. The fourth-order valence-corrected chi connectivity index (χ4v) is 1.23. The summed E-state index contributed by atoms with van der Waals surface area (Å²) in [7, 11) is 0. The molecular weight excluding hydrogens is 255 g/mol. The third kappa shape index (κ3) is 6.05. The van der Waals surface area contributed by atoms with Crippen LogP contribution in [0.1, 0.15) is 12.8 Å². The molecule has 0 radical (unpaired) electrons. The summed E-state index contributed by atoms with van der Waals surface area (Å²) in [5.74, 6) is -2.76. The summed E-state index contributed by atoms with van der Waals surface area (Å²) >= 11 is 0. The highest BCUT2D eigenvalue weighted by molar-refractivity contribution is 5.80. The lowest BCUT2D eigenvalue weighted by Crippen LogP contribution is -2.26. The number of carboxylic acid groups (broad SMARTS) is 1. The Morgan fingerprint density at radius 2 is 2.17 bits per heavy atom. The number of halogens is 3. The van der Waals surface area contributed by atoms with Crippen LogP contribution in [-0.4, -0.2) is 35.7 Å². The van der Waals surface area contributed by atoms with Crippen molar-refractivity contribution in [1.82, 2.24) is 5.32 Å². The topological polar surface area (TPSA) is 116 Å². The van der Waals surface area contributed by atoms with Gasteiger partial charge in [0.05, 0.1) is 12.1 Å². The first-order chi connectivity index (χ1) is 8.18. The van der Waals surface area contributed by atoms with Crippen molar-refractivity contribution in [2.45, 2.75) is 25.1 Å². The van der Waals surface area contributed by atoms with E-state index in [1.165, 1.54) is 0 Å². The zero-order chi connectivity index (χ0) is 14.3. The largest absolute Gasteiger partial charge is 0.490 e. The molecule has 1 aliphatic heterocycles. The first kappa shape index (κ1) is 16.2. The predicted octanol–water partition coefficient (Wildman–Crippen LogP) is -0.00322. The first-order valence-corrected chi connectivity index (χ1v) is 4.91. The zero-order valence-electron chi connectivity index (χ0n) is 9.20. The van der Waals surface area contributed by atoms with Crippen molar-refractivity contribution in [3.63, 3.8) is 0 Å². The number of carboxylic acids is 1. The molecule has 0 aromatic rings. The van der Waals surface area contributed by atoms with Gasteiger partial charge in [0.2, 0.25) is 5.91 Å². The number of carbonyl (C=O) groups is 2. The van der Waals surface area contributed by atoms with Gasteiger partial charge in [-0.25, -0.2) is 4.79 Å². The number of aliphatic carboxylic acids is 1. The van der Waals surface area contributed by atoms with Gasteiger partial charge < -0.3 is 16.2 Å². The van der Waals surface area contributed by atoms with Crippen LogP contribution in [0.5, 0.6) is 0 Å². The van der Waals surface area contributed by atoms with E-state index in [1.54, 1.807) is 0 Å². The molecular formula is C9H12F3N3O3. The molecule has 102 valence electrons. The van der Waals surface area contributed by atoms with Crippen LogP contribution in [0.2, 0.25) is 0 Å². The van der Waals surface area contributed by atoms with Crippen molar-refractivity contribution in [2.75, 3.05) is 6.54 Å². The highest BCUT2D eigenvalue weighted by atomic mass is 19.4. The van der Waals surface area contributed by atoms with E-state index in [9.17, 15) is 18.0 Å². The van der Waals surface area contributed by atoms with E-state index < -0.39 is 18.2 Å². The van der Waals surface area contributed by atoms with Crippen molar-refractivity contribution < 1.29 is 27.9 Å². The third-order valence-corrected chi connectivity index (χ3v) is 2.11. The maximum Gasteiger partial charge on any atom is 0.490 e. The van der Waals surface area contributed by atoms with Gasteiger partial charge in [-0.3, -0.25) is 4.79 Å². The lowest BCUT2D eigenvalue weighted by atomic mass is 10.00. The van der Waals surface area contributed by atoms with E-state index >= 15 is 0 Å². The predicted molar refractivity (Wildman–Crippen MR) is 53.0 cm³/mol. The Hall–Kier alpha value is -1.82. The molecule has 6 nitrogen and oxygen atoms in total. The summed E-state index contributed by atoms with van der Waals surface area (Å²) in [6, 6.07) is 1.41.